The molecule has 0 saturated heterocycles. The van der Waals surface area contributed by atoms with E-state index >= 15 is 0 Å². The Morgan fingerprint density at radius 3 is 0.866 bits per heavy atom. The van der Waals surface area contributed by atoms with E-state index in [0.717, 1.165) is 89.9 Å². The first-order chi connectivity index (χ1) is 33.0. The fraction of sp³-hybridized carbons (Fsp3) is 0.787. The van der Waals surface area contributed by atoms with Crippen molar-refractivity contribution in [3.8, 4) is 0 Å². The Kier molecular flexibility index (Phi) is 53.3. The van der Waals surface area contributed by atoms with Gasteiger partial charge in [0.1, 0.15) is 13.2 Å². The van der Waals surface area contributed by atoms with Gasteiger partial charge >= 0.3 is 17.9 Å². The van der Waals surface area contributed by atoms with E-state index in [0.29, 0.717) is 19.3 Å². The van der Waals surface area contributed by atoms with Gasteiger partial charge in [0.25, 0.3) is 0 Å². The first-order valence-corrected chi connectivity index (χ1v) is 28.8. The zero-order chi connectivity index (χ0) is 48.6. The summed E-state index contributed by atoms with van der Waals surface area (Å²) in [7, 11) is 0. The summed E-state index contributed by atoms with van der Waals surface area (Å²) in [6, 6.07) is 0. The highest BCUT2D eigenvalue weighted by Gasteiger charge is 2.19. The Labute approximate surface area is 415 Å². The Balaban J connectivity index is 4.39. The molecule has 0 aromatic rings. The number of rotatable bonds is 52. The van der Waals surface area contributed by atoms with Crippen molar-refractivity contribution in [2.45, 2.75) is 297 Å². The second kappa shape index (κ2) is 55.7. The number of carbonyl (C=O) groups is 3. The topological polar surface area (TPSA) is 78.9 Å². The highest BCUT2D eigenvalue weighted by molar-refractivity contribution is 5.71. The van der Waals surface area contributed by atoms with Gasteiger partial charge in [-0.2, -0.15) is 0 Å². The van der Waals surface area contributed by atoms with Crippen molar-refractivity contribution in [3.05, 3.63) is 60.8 Å². The second-order valence-corrected chi connectivity index (χ2v) is 19.2. The molecule has 0 amide bonds. The SMILES string of the molecule is CCCCC/C=C\C/C=C\C/C=C\CCCCCCC(=O)OC[C@H](COC(=O)CCCCCCCCCCCCCCC)OC(=O)CCCCCCCCCCC/C=C\C/C=C\CCCCC. The fourth-order valence-electron chi connectivity index (χ4n) is 8.13. The quantitative estimate of drug-likeness (QED) is 0.0262. The van der Waals surface area contributed by atoms with Crippen LogP contribution < -0.4 is 0 Å². The third-order valence-corrected chi connectivity index (χ3v) is 12.5. The lowest BCUT2D eigenvalue weighted by atomic mass is 10.0. The molecule has 0 N–H and O–H groups in total. The first-order valence-electron chi connectivity index (χ1n) is 28.8. The van der Waals surface area contributed by atoms with Gasteiger partial charge in [0.15, 0.2) is 6.10 Å². The molecule has 0 aliphatic heterocycles. The van der Waals surface area contributed by atoms with E-state index in [-0.39, 0.29) is 31.1 Å². The van der Waals surface area contributed by atoms with Crippen molar-refractivity contribution in [1.29, 1.82) is 0 Å². The average Bonchev–Trinajstić information content (AvgIpc) is 3.33. The minimum absolute atomic E-state index is 0.0807. The standard InChI is InChI=1S/C61H108O6/c1-4-7-10-13-16-19-22-25-27-29-30-32-34-37-40-43-46-49-52-55-61(64)67-58(56-65-59(62)53-50-47-44-41-38-35-24-21-18-15-12-9-6-3)57-66-60(63)54-51-48-45-42-39-36-33-31-28-26-23-20-17-14-11-8-5-2/h16-17,19-20,25-28,33,36,58H,4-15,18,21-24,29-32,34-35,37-57H2,1-3H3/b19-16-,20-17-,27-25-,28-26-,36-33-/t58-/m0/s1. The highest BCUT2D eigenvalue weighted by atomic mass is 16.6. The molecule has 0 bridgehead atoms. The number of hydrogen-bond donors (Lipinski definition) is 0. The van der Waals surface area contributed by atoms with Crippen molar-refractivity contribution in [1.82, 2.24) is 0 Å². The molecule has 0 fully saturated rings. The Bertz CT molecular complexity index is 1210. The van der Waals surface area contributed by atoms with Crippen LogP contribution in [0.3, 0.4) is 0 Å². The van der Waals surface area contributed by atoms with Gasteiger partial charge in [0.2, 0.25) is 0 Å². The van der Waals surface area contributed by atoms with Crippen LogP contribution in [0.2, 0.25) is 0 Å². The third-order valence-electron chi connectivity index (χ3n) is 12.5. The number of esters is 3. The summed E-state index contributed by atoms with van der Waals surface area (Å²) in [5, 5.41) is 0. The lowest BCUT2D eigenvalue weighted by Gasteiger charge is -2.18. The molecule has 67 heavy (non-hydrogen) atoms. The second-order valence-electron chi connectivity index (χ2n) is 19.2. The maximum Gasteiger partial charge on any atom is 0.306 e. The van der Waals surface area contributed by atoms with Gasteiger partial charge in [-0.05, 0) is 89.9 Å². The van der Waals surface area contributed by atoms with Gasteiger partial charge in [-0.1, -0.05) is 242 Å². The summed E-state index contributed by atoms with van der Waals surface area (Å²) in [6.45, 7) is 6.59. The van der Waals surface area contributed by atoms with Crippen molar-refractivity contribution in [2.75, 3.05) is 13.2 Å². The van der Waals surface area contributed by atoms with Crippen LogP contribution in [0.4, 0.5) is 0 Å². The minimum Gasteiger partial charge on any atom is -0.462 e. The van der Waals surface area contributed by atoms with Crippen LogP contribution in [0.1, 0.15) is 290 Å². The third kappa shape index (κ3) is 53.9. The van der Waals surface area contributed by atoms with E-state index < -0.39 is 6.10 Å². The van der Waals surface area contributed by atoms with Gasteiger partial charge in [0.05, 0.1) is 0 Å². The minimum atomic E-state index is -0.784. The molecule has 6 heteroatoms. The normalized spacial score (nSPS) is 12.5. The molecule has 0 heterocycles. The molecule has 0 spiro atoms. The lowest BCUT2D eigenvalue weighted by Crippen LogP contribution is -2.30. The summed E-state index contributed by atoms with van der Waals surface area (Å²) in [5.74, 6) is -0.896. The zero-order valence-corrected chi connectivity index (χ0v) is 44.4. The number of allylic oxidation sites excluding steroid dienone is 10. The number of ether oxygens (including phenoxy) is 3. The molecule has 388 valence electrons. The summed E-state index contributed by atoms with van der Waals surface area (Å²) in [5.41, 5.74) is 0. The van der Waals surface area contributed by atoms with Gasteiger partial charge in [0, 0.05) is 19.3 Å². The maximum atomic E-state index is 12.9. The predicted molar refractivity (Wildman–Crippen MR) is 288 cm³/mol. The molecule has 0 radical (unpaired) electrons. The average molecular weight is 938 g/mol. The fourth-order valence-corrected chi connectivity index (χ4v) is 8.13. The Morgan fingerprint density at radius 2 is 0.537 bits per heavy atom. The smallest absolute Gasteiger partial charge is 0.306 e. The van der Waals surface area contributed by atoms with Crippen LogP contribution >= 0.6 is 0 Å². The van der Waals surface area contributed by atoms with E-state index in [1.54, 1.807) is 0 Å². The molecular weight excluding hydrogens is 829 g/mol. The summed E-state index contributed by atoms with van der Waals surface area (Å²) >= 11 is 0. The molecule has 0 aromatic carbocycles. The number of carbonyl (C=O) groups excluding carboxylic acids is 3. The molecule has 0 aliphatic carbocycles. The molecule has 6 nitrogen and oxygen atoms in total. The van der Waals surface area contributed by atoms with Crippen LogP contribution in [0.5, 0.6) is 0 Å². The van der Waals surface area contributed by atoms with Crippen molar-refractivity contribution < 1.29 is 28.6 Å². The zero-order valence-electron chi connectivity index (χ0n) is 44.4. The van der Waals surface area contributed by atoms with Gasteiger partial charge in [-0.25, -0.2) is 0 Å². The Morgan fingerprint density at radius 1 is 0.299 bits per heavy atom. The van der Waals surface area contributed by atoms with Gasteiger partial charge in [-0.15, -0.1) is 0 Å². The monoisotopic (exact) mass is 937 g/mol. The summed E-state index contributed by atoms with van der Waals surface area (Å²) in [4.78, 5) is 38.1. The van der Waals surface area contributed by atoms with Crippen molar-refractivity contribution in [2.24, 2.45) is 0 Å². The molecule has 0 unspecified atom stereocenters. The largest absolute Gasteiger partial charge is 0.462 e. The molecule has 1 atom stereocenters. The van der Waals surface area contributed by atoms with Crippen LogP contribution in [-0.4, -0.2) is 37.2 Å². The van der Waals surface area contributed by atoms with Gasteiger partial charge in [-0.3, -0.25) is 14.4 Å². The van der Waals surface area contributed by atoms with Crippen molar-refractivity contribution >= 4 is 17.9 Å². The van der Waals surface area contributed by atoms with Crippen LogP contribution in [0.25, 0.3) is 0 Å². The number of unbranched alkanes of at least 4 members (excludes halogenated alkanes) is 31. The van der Waals surface area contributed by atoms with E-state index in [2.05, 4.69) is 81.5 Å². The Hall–Kier alpha value is -2.89. The van der Waals surface area contributed by atoms with E-state index in [1.807, 2.05) is 0 Å². The predicted octanol–water partition coefficient (Wildman–Crippen LogP) is 19.2. The van der Waals surface area contributed by atoms with Crippen molar-refractivity contribution in [3.63, 3.8) is 0 Å². The summed E-state index contributed by atoms with van der Waals surface area (Å²) in [6.07, 6.45) is 69.2. The molecule has 0 rings (SSSR count). The molecule has 0 aromatic heterocycles. The maximum absolute atomic E-state index is 12.9. The lowest BCUT2D eigenvalue weighted by molar-refractivity contribution is -0.167. The highest BCUT2D eigenvalue weighted by Crippen LogP contribution is 2.16. The van der Waals surface area contributed by atoms with Crippen LogP contribution in [0, 0.1) is 0 Å². The van der Waals surface area contributed by atoms with Crippen LogP contribution in [0.15, 0.2) is 60.8 Å². The molecular formula is C61H108O6. The first kappa shape index (κ1) is 64.1. The molecule has 0 aliphatic rings. The van der Waals surface area contributed by atoms with E-state index in [9.17, 15) is 14.4 Å². The van der Waals surface area contributed by atoms with E-state index in [1.165, 1.54) is 161 Å². The van der Waals surface area contributed by atoms with E-state index in [4.69, 9.17) is 14.2 Å². The van der Waals surface area contributed by atoms with Crippen LogP contribution in [-0.2, 0) is 28.6 Å². The summed E-state index contributed by atoms with van der Waals surface area (Å²) < 4.78 is 16.9. The molecule has 0 saturated carbocycles. The van der Waals surface area contributed by atoms with Gasteiger partial charge < -0.3 is 14.2 Å². The number of hydrogen-bond acceptors (Lipinski definition) is 6.